The van der Waals surface area contributed by atoms with Crippen LogP contribution in [0.3, 0.4) is 0 Å². The number of sulfone groups is 1. The number of rotatable bonds is 5. The van der Waals surface area contributed by atoms with Crippen molar-refractivity contribution in [2.45, 2.75) is 12.2 Å². The predicted octanol–water partition coefficient (Wildman–Crippen LogP) is 0.658. The molecule has 0 heterocycles. The van der Waals surface area contributed by atoms with Gasteiger partial charge in [0.2, 0.25) is 5.91 Å². The minimum atomic E-state index is -3.47. The number of hydrogen-bond acceptors (Lipinski definition) is 6. The topological polar surface area (TPSA) is 108 Å². The minimum absolute atomic E-state index is 0.247. The lowest BCUT2D eigenvalue weighted by molar-refractivity contribution is -0.115. The van der Waals surface area contributed by atoms with Gasteiger partial charge in [-0.05, 0) is 6.92 Å². The number of ether oxygens (including phenoxy) is 2. The molecular formula is C12H18N2O5S. The van der Waals surface area contributed by atoms with E-state index in [1.165, 1.54) is 33.3 Å². The lowest BCUT2D eigenvalue weighted by atomic mass is 10.2. The van der Waals surface area contributed by atoms with Crippen molar-refractivity contribution in [1.82, 2.24) is 0 Å². The number of benzene rings is 1. The summed E-state index contributed by atoms with van der Waals surface area (Å²) in [6.45, 7) is 1.31. The van der Waals surface area contributed by atoms with Crippen LogP contribution in [0.1, 0.15) is 6.92 Å². The van der Waals surface area contributed by atoms with E-state index in [0.29, 0.717) is 11.5 Å². The number of carbonyl (C=O) groups is 1. The molecule has 1 unspecified atom stereocenters. The van der Waals surface area contributed by atoms with Crippen LogP contribution in [0.15, 0.2) is 12.1 Å². The third kappa shape index (κ3) is 3.53. The van der Waals surface area contributed by atoms with Crippen LogP contribution in [0.2, 0.25) is 0 Å². The van der Waals surface area contributed by atoms with Crippen molar-refractivity contribution in [3.8, 4) is 11.5 Å². The molecule has 3 N–H and O–H groups in total. The van der Waals surface area contributed by atoms with Gasteiger partial charge in [-0.15, -0.1) is 0 Å². The molecule has 112 valence electrons. The predicted molar refractivity (Wildman–Crippen MR) is 76.9 cm³/mol. The van der Waals surface area contributed by atoms with Gasteiger partial charge in [-0.3, -0.25) is 4.79 Å². The number of amides is 1. The van der Waals surface area contributed by atoms with Crippen molar-refractivity contribution in [2.75, 3.05) is 31.5 Å². The summed E-state index contributed by atoms with van der Waals surface area (Å²) in [5, 5.41) is 1.29. The Morgan fingerprint density at radius 1 is 1.25 bits per heavy atom. The highest BCUT2D eigenvalue weighted by molar-refractivity contribution is 7.92. The summed E-state index contributed by atoms with van der Waals surface area (Å²) < 4.78 is 32.8. The van der Waals surface area contributed by atoms with Gasteiger partial charge in [-0.1, -0.05) is 0 Å². The molecular weight excluding hydrogens is 284 g/mol. The second-order valence-electron chi connectivity index (χ2n) is 4.26. The Morgan fingerprint density at radius 2 is 1.75 bits per heavy atom. The monoisotopic (exact) mass is 302 g/mol. The summed E-state index contributed by atoms with van der Waals surface area (Å²) in [6, 6.07) is 2.96. The summed E-state index contributed by atoms with van der Waals surface area (Å²) >= 11 is 0. The largest absolute Gasteiger partial charge is 0.493 e. The second kappa shape index (κ2) is 6.00. The van der Waals surface area contributed by atoms with Crippen LogP contribution in [-0.4, -0.2) is 40.1 Å². The number of anilines is 2. The first kappa shape index (κ1) is 16.1. The van der Waals surface area contributed by atoms with Gasteiger partial charge in [0.15, 0.2) is 21.3 Å². The molecule has 1 amide bonds. The summed E-state index contributed by atoms with van der Waals surface area (Å²) in [7, 11) is -0.569. The van der Waals surface area contributed by atoms with Gasteiger partial charge in [0, 0.05) is 18.4 Å². The molecule has 1 rings (SSSR count). The average molecular weight is 302 g/mol. The maximum atomic E-state index is 11.8. The van der Waals surface area contributed by atoms with Crippen molar-refractivity contribution in [3.63, 3.8) is 0 Å². The molecule has 0 spiro atoms. The number of carbonyl (C=O) groups excluding carboxylic acids is 1. The number of nitrogens with two attached hydrogens (primary N) is 1. The first-order valence-electron chi connectivity index (χ1n) is 5.72. The van der Waals surface area contributed by atoms with Gasteiger partial charge < -0.3 is 20.5 Å². The molecule has 8 heteroatoms. The van der Waals surface area contributed by atoms with Crippen LogP contribution in [0, 0.1) is 0 Å². The van der Waals surface area contributed by atoms with Crippen LogP contribution in [0.4, 0.5) is 11.4 Å². The summed E-state index contributed by atoms with van der Waals surface area (Å²) in [5.41, 5.74) is 6.29. The van der Waals surface area contributed by atoms with Gasteiger partial charge in [0.25, 0.3) is 0 Å². The zero-order chi connectivity index (χ0) is 15.5. The van der Waals surface area contributed by atoms with Gasteiger partial charge in [-0.25, -0.2) is 8.42 Å². The van der Waals surface area contributed by atoms with E-state index in [2.05, 4.69) is 5.32 Å². The van der Waals surface area contributed by atoms with E-state index in [0.717, 1.165) is 6.26 Å². The third-order valence-corrected chi connectivity index (χ3v) is 4.32. The van der Waals surface area contributed by atoms with Gasteiger partial charge >= 0.3 is 0 Å². The van der Waals surface area contributed by atoms with Gasteiger partial charge in [0.1, 0.15) is 5.25 Å². The van der Waals surface area contributed by atoms with Crippen LogP contribution >= 0.6 is 0 Å². The number of methoxy groups -OCH3 is 2. The SMILES string of the molecule is COc1cc(N)c(NC(=O)C(C)S(C)(=O)=O)cc1OC. The molecule has 0 radical (unpaired) electrons. The Hall–Kier alpha value is -1.96. The fourth-order valence-corrected chi connectivity index (χ4v) is 1.88. The molecule has 7 nitrogen and oxygen atoms in total. The zero-order valence-electron chi connectivity index (χ0n) is 11.8. The van der Waals surface area contributed by atoms with Gasteiger partial charge in [-0.2, -0.15) is 0 Å². The van der Waals surface area contributed by atoms with E-state index in [1.54, 1.807) is 0 Å². The fraction of sp³-hybridized carbons (Fsp3) is 0.417. The maximum absolute atomic E-state index is 11.8. The number of hydrogen-bond donors (Lipinski definition) is 2. The Balaban J connectivity index is 3.07. The Bertz CT molecular complexity index is 613. The highest BCUT2D eigenvalue weighted by Crippen LogP contribution is 2.34. The molecule has 20 heavy (non-hydrogen) atoms. The van der Waals surface area contributed by atoms with E-state index in [9.17, 15) is 13.2 Å². The highest BCUT2D eigenvalue weighted by atomic mass is 32.2. The number of nitrogen functional groups attached to an aromatic ring is 1. The molecule has 1 atom stereocenters. The average Bonchev–Trinajstić information content (AvgIpc) is 2.38. The van der Waals surface area contributed by atoms with E-state index in [4.69, 9.17) is 15.2 Å². The van der Waals surface area contributed by atoms with E-state index in [1.807, 2.05) is 0 Å². The van der Waals surface area contributed by atoms with E-state index in [-0.39, 0.29) is 11.4 Å². The Kier molecular flexibility index (Phi) is 4.83. The zero-order valence-corrected chi connectivity index (χ0v) is 12.6. The fourth-order valence-electron chi connectivity index (χ4n) is 1.43. The van der Waals surface area contributed by atoms with Crippen molar-refractivity contribution >= 4 is 27.1 Å². The van der Waals surface area contributed by atoms with Gasteiger partial charge in [0.05, 0.1) is 25.6 Å². The van der Waals surface area contributed by atoms with Crippen molar-refractivity contribution in [3.05, 3.63) is 12.1 Å². The Labute approximate surface area is 118 Å². The number of nitrogens with one attached hydrogen (secondary N) is 1. The maximum Gasteiger partial charge on any atom is 0.242 e. The first-order valence-corrected chi connectivity index (χ1v) is 7.67. The van der Waals surface area contributed by atoms with E-state index >= 15 is 0 Å². The molecule has 0 bridgehead atoms. The minimum Gasteiger partial charge on any atom is -0.493 e. The van der Waals surface area contributed by atoms with E-state index < -0.39 is 21.0 Å². The summed E-state index contributed by atoms with van der Waals surface area (Å²) in [5.74, 6) is 0.134. The van der Waals surface area contributed by atoms with Crippen LogP contribution in [-0.2, 0) is 14.6 Å². The normalized spacial score (nSPS) is 12.6. The molecule has 0 fully saturated rings. The molecule has 0 saturated carbocycles. The smallest absolute Gasteiger partial charge is 0.242 e. The molecule has 1 aromatic rings. The lowest BCUT2D eigenvalue weighted by Crippen LogP contribution is -2.32. The Morgan fingerprint density at radius 3 is 2.20 bits per heavy atom. The first-order chi connectivity index (χ1) is 9.20. The lowest BCUT2D eigenvalue weighted by Gasteiger charge is -2.15. The molecule has 0 aliphatic carbocycles. The van der Waals surface area contributed by atoms with Crippen molar-refractivity contribution in [2.24, 2.45) is 0 Å². The molecule has 1 aromatic carbocycles. The summed E-state index contributed by atoms with van der Waals surface area (Å²) in [6.07, 6.45) is 0.995. The standard InChI is InChI=1S/C12H18N2O5S/c1-7(20(4,16)17)12(15)14-9-6-11(19-3)10(18-2)5-8(9)13/h5-7H,13H2,1-4H3,(H,14,15). The van der Waals surface area contributed by atoms with Crippen LogP contribution in [0.25, 0.3) is 0 Å². The van der Waals surface area contributed by atoms with Crippen molar-refractivity contribution in [1.29, 1.82) is 0 Å². The third-order valence-electron chi connectivity index (χ3n) is 2.83. The summed E-state index contributed by atoms with van der Waals surface area (Å²) in [4.78, 5) is 11.8. The second-order valence-corrected chi connectivity index (χ2v) is 6.62. The highest BCUT2D eigenvalue weighted by Gasteiger charge is 2.24. The molecule has 0 aromatic heterocycles. The molecule has 0 aliphatic rings. The van der Waals surface area contributed by atoms with Crippen LogP contribution < -0.4 is 20.5 Å². The quantitative estimate of drug-likeness (QED) is 0.774. The van der Waals surface area contributed by atoms with Crippen molar-refractivity contribution < 1.29 is 22.7 Å². The molecule has 0 aliphatic heterocycles. The molecule has 0 saturated heterocycles. The van der Waals surface area contributed by atoms with Crippen LogP contribution in [0.5, 0.6) is 11.5 Å².